The molecule has 1 aromatic heterocycles. The van der Waals surface area contributed by atoms with Crippen LogP contribution in [0.5, 0.6) is 0 Å². The number of ether oxygens (including phenoxy) is 1. The molecule has 5 nitrogen and oxygen atoms in total. The van der Waals surface area contributed by atoms with E-state index in [0.29, 0.717) is 12.1 Å². The molecule has 1 aromatic rings. The fourth-order valence-corrected chi connectivity index (χ4v) is 4.67. The zero-order valence-corrected chi connectivity index (χ0v) is 16.9. The van der Waals surface area contributed by atoms with E-state index in [1.807, 2.05) is 18.4 Å². The van der Waals surface area contributed by atoms with Gasteiger partial charge in [-0.3, -0.25) is 4.99 Å². The molecule has 0 spiro atoms. The second-order valence-electron chi connectivity index (χ2n) is 7.34. The van der Waals surface area contributed by atoms with E-state index in [1.54, 1.807) is 0 Å². The molecular weight excluding hydrogens is 344 g/mol. The number of anilines is 1. The van der Waals surface area contributed by atoms with Gasteiger partial charge in [0.25, 0.3) is 0 Å². The topological polar surface area (TPSA) is 48.9 Å². The number of thiophene rings is 1. The van der Waals surface area contributed by atoms with E-state index in [1.165, 1.54) is 43.5 Å². The first kappa shape index (κ1) is 19.5. The fraction of sp³-hybridized carbons (Fsp3) is 0.750. The smallest absolute Gasteiger partial charge is 0.191 e. The summed E-state index contributed by atoms with van der Waals surface area (Å²) in [4.78, 5) is 6.86. The maximum absolute atomic E-state index is 6.05. The van der Waals surface area contributed by atoms with Gasteiger partial charge >= 0.3 is 0 Å². The molecule has 0 radical (unpaired) electrons. The molecule has 26 heavy (non-hydrogen) atoms. The van der Waals surface area contributed by atoms with E-state index in [0.717, 1.165) is 45.0 Å². The number of hydrogen-bond acceptors (Lipinski definition) is 4. The van der Waals surface area contributed by atoms with Gasteiger partial charge in [0.15, 0.2) is 5.96 Å². The Morgan fingerprint density at radius 2 is 1.96 bits per heavy atom. The van der Waals surface area contributed by atoms with Gasteiger partial charge in [-0.15, -0.1) is 11.3 Å². The highest BCUT2D eigenvalue weighted by Crippen LogP contribution is 2.24. The van der Waals surface area contributed by atoms with Gasteiger partial charge in [0.1, 0.15) is 0 Å². The number of aliphatic imine (C=N–C) groups is 1. The maximum atomic E-state index is 6.05. The van der Waals surface area contributed by atoms with Crippen LogP contribution in [0, 0.1) is 0 Å². The number of rotatable bonds is 6. The third kappa shape index (κ3) is 6.16. The number of nitrogens with zero attached hydrogens (tertiary/aromatic N) is 2. The molecule has 1 aliphatic carbocycles. The Hall–Kier alpha value is -1.27. The van der Waals surface area contributed by atoms with Crippen LogP contribution < -0.4 is 15.5 Å². The molecule has 0 unspecified atom stereocenters. The van der Waals surface area contributed by atoms with Crippen LogP contribution in [0.1, 0.15) is 51.4 Å². The van der Waals surface area contributed by atoms with E-state index in [-0.39, 0.29) is 0 Å². The van der Waals surface area contributed by atoms with Gasteiger partial charge in [-0.25, -0.2) is 0 Å². The first-order valence-corrected chi connectivity index (χ1v) is 11.1. The average molecular weight is 379 g/mol. The number of hydrogen-bond donors (Lipinski definition) is 2. The summed E-state index contributed by atoms with van der Waals surface area (Å²) >= 11 is 1.83. The zero-order chi connectivity index (χ0) is 18.0. The lowest BCUT2D eigenvalue weighted by molar-refractivity contribution is 0.0468. The van der Waals surface area contributed by atoms with Crippen LogP contribution >= 0.6 is 11.3 Å². The highest BCUT2D eigenvalue weighted by Gasteiger charge is 2.20. The fourth-order valence-electron chi connectivity index (χ4n) is 3.89. The van der Waals surface area contributed by atoms with Crippen molar-refractivity contribution >= 4 is 22.3 Å². The molecule has 2 aliphatic rings. The Balaban J connectivity index is 1.31. The third-order valence-corrected chi connectivity index (χ3v) is 6.36. The van der Waals surface area contributed by atoms with Crippen molar-refractivity contribution in [3.8, 4) is 0 Å². The van der Waals surface area contributed by atoms with E-state index in [4.69, 9.17) is 4.74 Å². The second kappa shape index (κ2) is 10.8. The Morgan fingerprint density at radius 1 is 1.19 bits per heavy atom. The van der Waals surface area contributed by atoms with Crippen LogP contribution in [0.25, 0.3) is 0 Å². The summed E-state index contributed by atoms with van der Waals surface area (Å²) in [6, 6.07) is 4.85. The minimum absolute atomic E-state index is 0.468. The SMILES string of the molecule is CN=C(NCCOC1CCCCCC1)NC1CCN(c2cccs2)CC1. The molecule has 1 saturated carbocycles. The highest BCUT2D eigenvalue weighted by atomic mass is 32.1. The standard InChI is InChI=1S/C20H34N4OS/c1-21-20(22-12-15-25-18-7-4-2-3-5-8-18)23-17-10-13-24(14-11-17)19-9-6-16-26-19/h6,9,16-18H,2-5,7-8,10-15H2,1H3,(H2,21,22,23). The summed E-state index contributed by atoms with van der Waals surface area (Å²) in [6.45, 7) is 3.81. The van der Waals surface area contributed by atoms with Crippen molar-refractivity contribution in [1.29, 1.82) is 0 Å². The molecule has 2 heterocycles. The second-order valence-corrected chi connectivity index (χ2v) is 8.27. The van der Waals surface area contributed by atoms with Crippen LogP contribution in [0.2, 0.25) is 0 Å². The van der Waals surface area contributed by atoms with Crippen molar-refractivity contribution in [2.75, 3.05) is 38.2 Å². The molecule has 0 amide bonds. The molecule has 3 rings (SSSR count). The third-order valence-electron chi connectivity index (χ3n) is 5.43. The van der Waals surface area contributed by atoms with Crippen molar-refractivity contribution in [1.82, 2.24) is 10.6 Å². The van der Waals surface area contributed by atoms with Gasteiger partial charge in [0.05, 0.1) is 17.7 Å². The van der Waals surface area contributed by atoms with Gasteiger partial charge < -0.3 is 20.3 Å². The van der Waals surface area contributed by atoms with Crippen LogP contribution in [0.4, 0.5) is 5.00 Å². The molecule has 2 fully saturated rings. The maximum Gasteiger partial charge on any atom is 0.191 e. The van der Waals surface area contributed by atoms with Crippen molar-refractivity contribution in [2.24, 2.45) is 4.99 Å². The molecule has 0 bridgehead atoms. The van der Waals surface area contributed by atoms with Gasteiger partial charge in [0.2, 0.25) is 0 Å². The first-order valence-electron chi connectivity index (χ1n) is 10.2. The lowest BCUT2D eigenvalue weighted by Crippen LogP contribution is -2.49. The largest absolute Gasteiger partial charge is 0.376 e. The van der Waals surface area contributed by atoms with Crippen molar-refractivity contribution < 1.29 is 4.74 Å². The Labute approximate surface area is 162 Å². The Kier molecular flexibility index (Phi) is 8.08. The van der Waals surface area contributed by atoms with Crippen LogP contribution in [-0.2, 0) is 4.74 Å². The summed E-state index contributed by atoms with van der Waals surface area (Å²) < 4.78 is 6.05. The summed E-state index contributed by atoms with van der Waals surface area (Å²) in [5, 5.41) is 10.5. The van der Waals surface area contributed by atoms with Crippen molar-refractivity contribution in [2.45, 2.75) is 63.5 Å². The molecule has 146 valence electrons. The molecule has 2 N–H and O–H groups in total. The minimum Gasteiger partial charge on any atom is -0.376 e. The normalized spacial score (nSPS) is 20.8. The quantitative estimate of drug-likeness (QED) is 0.344. The summed E-state index contributed by atoms with van der Waals surface area (Å²) in [6.07, 6.45) is 10.6. The van der Waals surface area contributed by atoms with E-state index in [2.05, 4.69) is 38.0 Å². The molecular formula is C20H34N4OS. The van der Waals surface area contributed by atoms with Gasteiger partial charge in [-0.2, -0.15) is 0 Å². The monoisotopic (exact) mass is 378 g/mol. The van der Waals surface area contributed by atoms with E-state index < -0.39 is 0 Å². The van der Waals surface area contributed by atoms with Crippen LogP contribution in [0.3, 0.4) is 0 Å². The molecule has 6 heteroatoms. The van der Waals surface area contributed by atoms with Crippen LogP contribution in [-0.4, -0.2) is 51.4 Å². The number of piperidine rings is 1. The minimum atomic E-state index is 0.468. The predicted molar refractivity (Wildman–Crippen MR) is 111 cm³/mol. The molecule has 1 aliphatic heterocycles. The first-order chi connectivity index (χ1) is 12.8. The molecule has 0 aromatic carbocycles. The summed E-state index contributed by atoms with van der Waals surface area (Å²) in [5.41, 5.74) is 0. The van der Waals surface area contributed by atoms with Crippen molar-refractivity contribution in [3.05, 3.63) is 17.5 Å². The number of nitrogens with one attached hydrogen (secondary N) is 2. The molecule has 0 atom stereocenters. The highest BCUT2D eigenvalue weighted by molar-refractivity contribution is 7.14. The Morgan fingerprint density at radius 3 is 2.62 bits per heavy atom. The lowest BCUT2D eigenvalue weighted by Gasteiger charge is -2.33. The van der Waals surface area contributed by atoms with E-state index >= 15 is 0 Å². The zero-order valence-electron chi connectivity index (χ0n) is 16.1. The lowest BCUT2D eigenvalue weighted by atomic mass is 10.1. The average Bonchev–Trinajstić information content (AvgIpc) is 3.09. The molecule has 1 saturated heterocycles. The number of guanidine groups is 1. The van der Waals surface area contributed by atoms with E-state index in [9.17, 15) is 0 Å². The summed E-state index contributed by atoms with van der Waals surface area (Å²) in [5.74, 6) is 0.907. The van der Waals surface area contributed by atoms with Crippen molar-refractivity contribution in [3.63, 3.8) is 0 Å². The van der Waals surface area contributed by atoms with Gasteiger partial charge in [-0.1, -0.05) is 25.7 Å². The van der Waals surface area contributed by atoms with Gasteiger partial charge in [-0.05, 0) is 43.2 Å². The van der Waals surface area contributed by atoms with Gasteiger partial charge in [0, 0.05) is 32.7 Å². The van der Waals surface area contributed by atoms with Crippen LogP contribution in [0.15, 0.2) is 22.5 Å². The summed E-state index contributed by atoms with van der Waals surface area (Å²) in [7, 11) is 1.85. The predicted octanol–water partition coefficient (Wildman–Crippen LogP) is 3.62. The Bertz CT molecular complexity index is 518.